The molecular formula is C28H32N2O6S. The maximum Gasteiger partial charge on any atom is 0.338 e. The summed E-state index contributed by atoms with van der Waals surface area (Å²) in [5, 5.41) is 2.71. The lowest BCUT2D eigenvalue weighted by atomic mass is 10.2. The highest BCUT2D eigenvalue weighted by atomic mass is 32.2. The van der Waals surface area contributed by atoms with E-state index in [0.717, 1.165) is 28.3 Å². The van der Waals surface area contributed by atoms with E-state index in [1.54, 1.807) is 67.6 Å². The molecule has 8 nitrogen and oxygen atoms in total. The third-order valence-electron chi connectivity index (χ3n) is 5.63. The molecule has 0 fully saturated rings. The van der Waals surface area contributed by atoms with Gasteiger partial charge in [-0.1, -0.05) is 37.1 Å². The molecule has 196 valence electrons. The van der Waals surface area contributed by atoms with Crippen LogP contribution in [0.5, 0.6) is 5.75 Å². The summed E-state index contributed by atoms with van der Waals surface area (Å²) in [6.07, 6.45) is 1.71. The Balaban J connectivity index is 1.84. The number of aryl methyl sites for hydroxylation is 2. The van der Waals surface area contributed by atoms with Crippen molar-refractivity contribution in [3.63, 3.8) is 0 Å². The molecule has 0 heterocycles. The highest BCUT2D eigenvalue weighted by Crippen LogP contribution is 2.31. The molecule has 0 radical (unpaired) electrons. The molecule has 0 saturated carbocycles. The Morgan fingerprint density at radius 2 is 1.57 bits per heavy atom. The largest absolute Gasteiger partial charge is 0.495 e. The van der Waals surface area contributed by atoms with Gasteiger partial charge in [-0.15, -0.1) is 0 Å². The molecule has 0 aromatic heterocycles. The Kier molecular flexibility index (Phi) is 9.30. The molecular weight excluding hydrogens is 492 g/mol. The number of hydrogen-bond acceptors (Lipinski definition) is 6. The molecule has 3 rings (SSSR count). The summed E-state index contributed by atoms with van der Waals surface area (Å²) < 4.78 is 39.1. The van der Waals surface area contributed by atoms with E-state index in [2.05, 4.69) is 5.32 Å². The summed E-state index contributed by atoms with van der Waals surface area (Å²) in [6.45, 7) is 5.56. The first-order chi connectivity index (χ1) is 17.6. The number of unbranched alkanes of at least 4 members (excludes halogenated alkanes) is 1. The number of carbonyl (C=O) groups is 2. The first kappa shape index (κ1) is 27.7. The smallest absolute Gasteiger partial charge is 0.338 e. The van der Waals surface area contributed by atoms with E-state index in [9.17, 15) is 18.0 Å². The maximum atomic E-state index is 13.8. The third kappa shape index (κ3) is 7.10. The van der Waals surface area contributed by atoms with Crippen LogP contribution in [0.1, 0.15) is 41.3 Å². The average molecular weight is 525 g/mol. The first-order valence-electron chi connectivity index (χ1n) is 12.0. The molecule has 3 aromatic carbocycles. The number of ether oxygens (including phenoxy) is 2. The first-order valence-corrected chi connectivity index (χ1v) is 13.4. The second-order valence-electron chi connectivity index (χ2n) is 8.62. The second kappa shape index (κ2) is 12.4. The number of nitrogens with one attached hydrogen (secondary N) is 1. The number of nitrogens with zero attached hydrogens (tertiary/aromatic N) is 1. The standard InChI is InChI=1S/C28H32N2O6S/c1-5-6-17-36-28(32)22-10-12-23(13-11-22)29-27(31)19-30(24-14-7-20(2)8-15-24)37(33,34)26-18-21(3)9-16-25(26)35-4/h7-16,18H,5-6,17,19H2,1-4H3,(H,29,31). The van der Waals surface area contributed by atoms with Crippen molar-refractivity contribution in [1.29, 1.82) is 0 Å². The van der Waals surface area contributed by atoms with Crippen molar-refractivity contribution < 1.29 is 27.5 Å². The van der Waals surface area contributed by atoms with Gasteiger partial charge < -0.3 is 14.8 Å². The van der Waals surface area contributed by atoms with Crippen LogP contribution in [0.25, 0.3) is 0 Å². The van der Waals surface area contributed by atoms with Crippen LogP contribution < -0.4 is 14.4 Å². The molecule has 0 saturated heterocycles. The van der Waals surface area contributed by atoms with Crippen molar-refractivity contribution in [1.82, 2.24) is 0 Å². The molecule has 0 aliphatic carbocycles. The van der Waals surface area contributed by atoms with Crippen LogP contribution in [0.4, 0.5) is 11.4 Å². The Morgan fingerprint density at radius 3 is 2.19 bits per heavy atom. The lowest BCUT2D eigenvalue weighted by Crippen LogP contribution is -2.38. The van der Waals surface area contributed by atoms with E-state index < -0.39 is 28.4 Å². The number of esters is 1. The van der Waals surface area contributed by atoms with Gasteiger partial charge in [0, 0.05) is 5.69 Å². The van der Waals surface area contributed by atoms with Gasteiger partial charge in [-0.2, -0.15) is 0 Å². The fourth-order valence-electron chi connectivity index (χ4n) is 3.54. The van der Waals surface area contributed by atoms with Gasteiger partial charge in [0.05, 0.1) is 25.0 Å². The van der Waals surface area contributed by atoms with Gasteiger partial charge in [-0.25, -0.2) is 13.2 Å². The average Bonchev–Trinajstić information content (AvgIpc) is 2.88. The van der Waals surface area contributed by atoms with Crippen LogP contribution in [-0.2, 0) is 19.6 Å². The van der Waals surface area contributed by atoms with Crippen LogP contribution in [0.2, 0.25) is 0 Å². The van der Waals surface area contributed by atoms with Gasteiger partial charge >= 0.3 is 5.97 Å². The number of sulfonamides is 1. The number of methoxy groups -OCH3 is 1. The van der Waals surface area contributed by atoms with Crippen molar-refractivity contribution in [3.8, 4) is 5.75 Å². The summed E-state index contributed by atoms with van der Waals surface area (Å²) in [4.78, 5) is 25.1. The van der Waals surface area contributed by atoms with E-state index in [1.807, 2.05) is 13.8 Å². The zero-order chi connectivity index (χ0) is 27.0. The van der Waals surface area contributed by atoms with Crippen LogP contribution in [0, 0.1) is 13.8 Å². The normalized spacial score (nSPS) is 11.0. The predicted molar refractivity (Wildman–Crippen MR) is 144 cm³/mol. The molecule has 3 aromatic rings. The summed E-state index contributed by atoms with van der Waals surface area (Å²) in [5.74, 6) is -0.798. The van der Waals surface area contributed by atoms with E-state index in [0.29, 0.717) is 23.5 Å². The van der Waals surface area contributed by atoms with Crippen molar-refractivity contribution in [3.05, 3.63) is 83.4 Å². The number of benzene rings is 3. The minimum atomic E-state index is -4.16. The Labute approximate surface area is 218 Å². The molecule has 0 aliphatic rings. The minimum Gasteiger partial charge on any atom is -0.495 e. The molecule has 0 atom stereocenters. The number of hydrogen-bond donors (Lipinski definition) is 1. The SMILES string of the molecule is CCCCOC(=O)c1ccc(NC(=O)CN(c2ccc(C)cc2)S(=O)(=O)c2cc(C)ccc2OC)cc1. The Morgan fingerprint density at radius 1 is 0.919 bits per heavy atom. The van der Waals surface area contributed by atoms with E-state index in [4.69, 9.17) is 9.47 Å². The van der Waals surface area contributed by atoms with Crippen molar-refractivity contribution in [2.75, 3.05) is 29.9 Å². The molecule has 37 heavy (non-hydrogen) atoms. The lowest BCUT2D eigenvalue weighted by molar-refractivity contribution is -0.114. The highest BCUT2D eigenvalue weighted by molar-refractivity contribution is 7.93. The number of anilines is 2. The fourth-order valence-corrected chi connectivity index (χ4v) is 5.21. The van der Waals surface area contributed by atoms with Crippen LogP contribution in [0.15, 0.2) is 71.6 Å². The van der Waals surface area contributed by atoms with Gasteiger partial charge in [0.2, 0.25) is 5.91 Å². The number of carbonyl (C=O) groups excluding carboxylic acids is 2. The van der Waals surface area contributed by atoms with Gasteiger partial charge in [-0.05, 0) is 74.4 Å². The van der Waals surface area contributed by atoms with Crippen molar-refractivity contribution in [2.45, 2.75) is 38.5 Å². The summed E-state index contributed by atoms with van der Waals surface area (Å²) in [7, 11) is -2.76. The van der Waals surface area contributed by atoms with Crippen LogP contribution in [-0.4, -0.2) is 40.6 Å². The second-order valence-corrected chi connectivity index (χ2v) is 10.4. The molecule has 0 unspecified atom stereocenters. The van der Waals surface area contributed by atoms with Crippen molar-refractivity contribution in [2.24, 2.45) is 0 Å². The third-order valence-corrected chi connectivity index (χ3v) is 7.43. The van der Waals surface area contributed by atoms with E-state index >= 15 is 0 Å². The van der Waals surface area contributed by atoms with E-state index in [-0.39, 0.29) is 10.6 Å². The molecule has 1 N–H and O–H groups in total. The summed E-state index contributed by atoms with van der Waals surface area (Å²) >= 11 is 0. The number of amides is 1. The molecule has 0 bridgehead atoms. The number of rotatable bonds is 11. The molecule has 1 amide bonds. The quantitative estimate of drug-likeness (QED) is 0.277. The molecule has 9 heteroatoms. The van der Waals surface area contributed by atoms with Crippen LogP contribution >= 0.6 is 0 Å². The van der Waals surface area contributed by atoms with Gasteiger partial charge in [0.25, 0.3) is 10.0 Å². The van der Waals surface area contributed by atoms with E-state index in [1.165, 1.54) is 13.2 Å². The Hall–Kier alpha value is -3.85. The van der Waals surface area contributed by atoms with Gasteiger partial charge in [0.1, 0.15) is 17.2 Å². The molecule has 0 spiro atoms. The predicted octanol–water partition coefficient (Wildman–Crippen LogP) is 5.10. The zero-order valence-corrected chi connectivity index (χ0v) is 22.3. The monoisotopic (exact) mass is 524 g/mol. The minimum absolute atomic E-state index is 0.0330. The topological polar surface area (TPSA) is 102 Å². The van der Waals surface area contributed by atoms with Crippen LogP contribution in [0.3, 0.4) is 0 Å². The fraction of sp³-hybridized carbons (Fsp3) is 0.286. The molecule has 0 aliphatic heterocycles. The summed E-state index contributed by atoms with van der Waals surface area (Å²) in [5.41, 5.74) is 2.82. The summed E-state index contributed by atoms with van der Waals surface area (Å²) in [6, 6.07) is 18.0. The highest BCUT2D eigenvalue weighted by Gasteiger charge is 2.30. The lowest BCUT2D eigenvalue weighted by Gasteiger charge is -2.25. The van der Waals surface area contributed by atoms with Gasteiger partial charge in [-0.3, -0.25) is 9.10 Å². The van der Waals surface area contributed by atoms with Gasteiger partial charge in [0.15, 0.2) is 0 Å². The van der Waals surface area contributed by atoms with Crippen molar-refractivity contribution >= 4 is 33.3 Å². The Bertz CT molecular complexity index is 1340. The zero-order valence-electron chi connectivity index (χ0n) is 21.5. The maximum absolute atomic E-state index is 13.8.